The SMILES string of the molecule is CN(C)CCC(c1ccc(Br)cc1)c1cccc[n+]1[O-]. The summed E-state index contributed by atoms with van der Waals surface area (Å²) in [5.74, 6) is 0.115. The number of hydrogen-bond donors (Lipinski definition) is 0. The third kappa shape index (κ3) is 3.81. The minimum absolute atomic E-state index is 0.115. The Kier molecular flexibility index (Phi) is 5.15. The highest BCUT2D eigenvalue weighted by atomic mass is 79.9. The second-order valence-electron chi connectivity index (χ2n) is 5.15. The van der Waals surface area contributed by atoms with Gasteiger partial charge in [-0.05, 0) is 50.8 Å². The molecule has 0 aliphatic rings. The molecular formula is C16H19BrN2O. The van der Waals surface area contributed by atoms with Crippen LogP contribution in [-0.4, -0.2) is 25.5 Å². The summed E-state index contributed by atoms with van der Waals surface area (Å²) in [4.78, 5) is 2.14. The first-order chi connectivity index (χ1) is 9.58. The van der Waals surface area contributed by atoms with Crippen LogP contribution in [0.5, 0.6) is 0 Å². The van der Waals surface area contributed by atoms with E-state index in [2.05, 4.69) is 47.1 Å². The lowest BCUT2D eigenvalue weighted by Crippen LogP contribution is -2.34. The van der Waals surface area contributed by atoms with Crippen molar-refractivity contribution in [3.05, 3.63) is 69.6 Å². The molecule has 0 saturated carbocycles. The number of rotatable bonds is 5. The summed E-state index contributed by atoms with van der Waals surface area (Å²) in [5.41, 5.74) is 1.97. The molecule has 1 aromatic carbocycles. The molecular weight excluding hydrogens is 316 g/mol. The average molecular weight is 335 g/mol. The van der Waals surface area contributed by atoms with Crippen molar-refractivity contribution >= 4 is 15.9 Å². The lowest BCUT2D eigenvalue weighted by atomic mass is 9.92. The van der Waals surface area contributed by atoms with E-state index >= 15 is 0 Å². The zero-order chi connectivity index (χ0) is 14.5. The molecule has 20 heavy (non-hydrogen) atoms. The molecule has 2 aromatic rings. The van der Waals surface area contributed by atoms with Crippen LogP contribution in [0.4, 0.5) is 0 Å². The van der Waals surface area contributed by atoms with E-state index in [0.29, 0.717) is 0 Å². The highest BCUT2D eigenvalue weighted by Crippen LogP contribution is 2.27. The fraction of sp³-hybridized carbons (Fsp3) is 0.312. The highest BCUT2D eigenvalue weighted by Gasteiger charge is 2.21. The van der Waals surface area contributed by atoms with Crippen molar-refractivity contribution in [2.24, 2.45) is 0 Å². The van der Waals surface area contributed by atoms with Crippen molar-refractivity contribution in [1.29, 1.82) is 0 Å². The monoisotopic (exact) mass is 334 g/mol. The Morgan fingerprint density at radius 2 is 1.85 bits per heavy atom. The van der Waals surface area contributed by atoms with E-state index < -0.39 is 0 Å². The molecule has 0 bridgehead atoms. The topological polar surface area (TPSA) is 30.2 Å². The quantitative estimate of drug-likeness (QED) is 0.621. The van der Waals surface area contributed by atoms with Crippen LogP contribution in [0.25, 0.3) is 0 Å². The standard InChI is InChI=1S/C16H19BrN2O/c1-18(2)12-10-15(13-6-8-14(17)9-7-13)16-5-3-4-11-19(16)20/h3-9,11,15H,10,12H2,1-2H3. The van der Waals surface area contributed by atoms with E-state index in [1.165, 1.54) is 5.56 Å². The van der Waals surface area contributed by atoms with Crippen LogP contribution in [0.2, 0.25) is 0 Å². The van der Waals surface area contributed by atoms with Crippen LogP contribution in [0.1, 0.15) is 23.6 Å². The molecule has 0 N–H and O–H groups in total. The van der Waals surface area contributed by atoms with E-state index in [0.717, 1.165) is 27.9 Å². The molecule has 0 aliphatic heterocycles. The van der Waals surface area contributed by atoms with Gasteiger partial charge in [-0.1, -0.05) is 28.1 Å². The minimum atomic E-state index is 0.115. The lowest BCUT2D eigenvalue weighted by molar-refractivity contribution is -0.615. The summed E-state index contributed by atoms with van der Waals surface area (Å²) in [6.45, 7) is 0.940. The molecule has 0 amide bonds. The van der Waals surface area contributed by atoms with E-state index in [4.69, 9.17) is 0 Å². The molecule has 0 fully saturated rings. The summed E-state index contributed by atoms with van der Waals surface area (Å²) < 4.78 is 2.03. The molecule has 2 rings (SSSR count). The van der Waals surface area contributed by atoms with Gasteiger partial charge in [0, 0.05) is 16.6 Å². The smallest absolute Gasteiger partial charge is 0.200 e. The van der Waals surface area contributed by atoms with E-state index in [1.807, 2.05) is 24.3 Å². The second kappa shape index (κ2) is 6.86. The molecule has 0 spiro atoms. The third-order valence-corrected chi connectivity index (χ3v) is 3.88. The molecule has 3 nitrogen and oxygen atoms in total. The normalized spacial score (nSPS) is 12.6. The number of aromatic nitrogens is 1. The van der Waals surface area contributed by atoms with Crippen molar-refractivity contribution in [2.75, 3.05) is 20.6 Å². The molecule has 106 valence electrons. The van der Waals surface area contributed by atoms with Crippen molar-refractivity contribution < 1.29 is 4.73 Å². The van der Waals surface area contributed by atoms with E-state index in [9.17, 15) is 5.21 Å². The number of nitrogens with zero attached hydrogens (tertiary/aromatic N) is 2. The zero-order valence-electron chi connectivity index (χ0n) is 11.8. The van der Waals surface area contributed by atoms with Gasteiger partial charge < -0.3 is 10.1 Å². The Hall–Kier alpha value is -1.39. The third-order valence-electron chi connectivity index (χ3n) is 3.35. The summed E-state index contributed by atoms with van der Waals surface area (Å²) in [6.07, 6.45) is 2.48. The van der Waals surface area contributed by atoms with E-state index in [1.54, 1.807) is 12.3 Å². The Labute approximate surface area is 128 Å². The first-order valence-electron chi connectivity index (χ1n) is 6.66. The minimum Gasteiger partial charge on any atom is -0.618 e. The first-order valence-corrected chi connectivity index (χ1v) is 7.45. The van der Waals surface area contributed by atoms with Crippen LogP contribution in [0, 0.1) is 5.21 Å². The molecule has 0 saturated heterocycles. The van der Waals surface area contributed by atoms with Crippen molar-refractivity contribution in [1.82, 2.24) is 4.90 Å². The van der Waals surface area contributed by atoms with Crippen LogP contribution >= 0.6 is 15.9 Å². The van der Waals surface area contributed by atoms with Gasteiger partial charge >= 0.3 is 0 Å². The van der Waals surface area contributed by atoms with Gasteiger partial charge in [-0.3, -0.25) is 0 Å². The maximum Gasteiger partial charge on any atom is 0.200 e. The fourth-order valence-corrected chi connectivity index (χ4v) is 2.54. The molecule has 1 aromatic heterocycles. The van der Waals surface area contributed by atoms with Crippen molar-refractivity contribution in [3.8, 4) is 0 Å². The van der Waals surface area contributed by atoms with Crippen LogP contribution in [-0.2, 0) is 0 Å². The maximum absolute atomic E-state index is 12.0. The van der Waals surface area contributed by atoms with Crippen LogP contribution in [0.3, 0.4) is 0 Å². The van der Waals surface area contributed by atoms with Gasteiger partial charge in [0.05, 0.1) is 5.92 Å². The molecule has 4 heteroatoms. The fourth-order valence-electron chi connectivity index (χ4n) is 2.28. The predicted octanol–water partition coefficient (Wildman–Crippen LogP) is 3.17. The second-order valence-corrected chi connectivity index (χ2v) is 6.06. The Bertz CT molecular complexity index is 555. The van der Waals surface area contributed by atoms with Gasteiger partial charge in [0.25, 0.3) is 0 Å². The molecule has 1 heterocycles. The molecule has 1 unspecified atom stereocenters. The van der Waals surface area contributed by atoms with Crippen LogP contribution in [0.15, 0.2) is 53.1 Å². The zero-order valence-corrected chi connectivity index (χ0v) is 13.4. The molecule has 0 aliphatic carbocycles. The lowest BCUT2D eigenvalue weighted by Gasteiger charge is -2.19. The van der Waals surface area contributed by atoms with Gasteiger partial charge in [-0.2, -0.15) is 4.73 Å². The first kappa shape index (κ1) is 15.0. The van der Waals surface area contributed by atoms with Crippen molar-refractivity contribution in [2.45, 2.75) is 12.3 Å². The Morgan fingerprint density at radius 1 is 1.15 bits per heavy atom. The van der Waals surface area contributed by atoms with Gasteiger partial charge in [-0.15, -0.1) is 0 Å². The number of hydrogen-bond acceptors (Lipinski definition) is 2. The maximum atomic E-state index is 12.0. The Balaban J connectivity index is 2.34. The largest absolute Gasteiger partial charge is 0.618 e. The van der Waals surface area contributed by atoms with E-state index in [-0.39, 0.29) is 5.92 Å². The summed E-state index contributed by atoms with van der Waals surface area (Å²) in [6, 6.07) is 13.8. The number of pyridine rings is 1. The van der Waals surface area contributed by atoms with Gasteiger partial charge in [0.15, 0.2) is 11.9 Å². The average Bonchev–Trinajstić information content (AvgIpc) is 2.42. The van der Waals surface area contributed by atoms with Gasteiger partial charge in [0.1, 0.15) is 0 Å². The van der Waals surface area contributed by atoms with Gasteiger partial charge in [0.2, 0.25) is 0 Å². The summed E-state index contributed by atoms with van der Waals surface area (Å²) in [7, 11) is 4.10. The summed E-state index contributed by atoms with van der Waals surface area (Å²) in [5, 5.41) is 12.0. The number of halogens is 1. The summed E-state index contributed by atoms with van der Waals surface area (Å²) >= 11 is 3.45. The van der Waals surface area contributed by atoms with Crippen LogP contribution < -0.4 is 4.73 Å². The molecule has 0 radical (unpaired) electrons. The van der Waals surface area contributed by atoms with Crippen molar-refractivity contribution in [3.63, 3.8) is 0 Å². The van der Waals surface area contributed by atoms with Gasteiger partial charge in [-0.25, -0.2) is 0 Å². The number of benzene rings is 1. The predicted molar refractivity (Wildman–Crippen MR) is 84.6 cm³/mol. The highest BCUT2D eigenvalue weighted by molar-refractivity contribution is 9.10. The molecule has 1 atom stereocenters. The Morgan fingerprint density at radius 3 is 2.45 bits per heavy atom.